The predicted molar refractivity (Wildman–Crippen MR) is 172 cm³/mol. The van der Waals surface area contributed by atoms with Crippen LogP contribution in [0.15, 0.2) is 54.7 Å². The predicted octanol–water partition coefficient (Wildman–Crippen LogP) is 5.06. The number of alkyl halides is 1. The van der Waals surface area contributed by atoms with E-state index in [0.717, 1.165) is 23.8 Å². The van der Waals surface area contributed by atoms with E-state index in [1.165, 1.54) is 22.9 Å². The number of carbonyl (C=O) groups is 2. The number of aromatic nitrogens is 2. The van der Waals surface area contributed by atoms with Gasteiger partial charge in [0.1, 0.15) is 35.3 Å². The molecule has 0 radical (unpaired) electrons. The van der Waals surface area contributed by atoms with Crippen LogP contribution in [0.5, 0.6) is 0 Å². The highest BCUT2D eigenvalue weighted by Gasteiger charge is 2.46. The summed E-state index contributed by atoms with van der Waals surface area (Å²) in [7, 11) is 0. The zero-order valence-corrected chi connectivity index (χ0v) is 28.1. The molecule has 0 saturated carbocycles. The second kappa shape index (κ2) is 14.7. The van der Waals surface area contributed by atoms with Gasteiger partial charge in [0.25, 0.3) is 5.91 Å². The summed E-state index contributed by atoms with van der Waals surface area (Å²) in [6.45, 7) is 9.19. The van der Waals surface area contributed by atoms with E-state index in [2.05, 4.69) is 0 Å². The Hall–Kier alpha value is -3.94. The third kappa shape index (κ3) is 8.94. The number of hydrogen-bond acceptors (Lipinski definition) is 7. The SMILES string of the molecule is CC(O)C(=O)N(CC1CN(C(=O)OC(C)(C)C)CC1F)C(c1nc(-c2cc(F)ccc2F)cn1Cc1ccccc1)C(C)(C)CC(O)O. The molecule has 262 valence electrons. The third-order valence-electron chi connectivity index (χ3n) is 8.30. The molecule has 48 heavy (non-hydrogen) atoms. The molecule has 3 N–H and O–H groups in total. The molecular weight excluding hydrogens is 629 g/mol. The summed E-state index contributed by atoms with van der Waals surface area (Å²) < 4.78 is 52.2. The number of benzene rings is 2. The van der Waals surface area contributed by atoms with Gasteiger partial charge in [0.05, 0.1) is 18.3 Å². The molecule has 4 rings (SSSR count). The van der Waals surface area contributed by atoms with Gasteiger partial charge in [-0.1, -0.05) is 44.2 Å². The van der Waals surface area contributed by atoms with Gasteiger partial charge < -0.3 is 34.4 Å². The molecule has 3 aromatic rings. The smallest absolute Gasteiger partial charge is 0.410 e. The molecule has 2 amide bonds. The fraction of sp³-hybridized carbons (Fsp3) is 0.514. The first kappa shape index (κ1) is 36.9. The van der Waals surface area contributed by atoms with Gasteiger partial charge in [0.2, 0.25) is 0 Å². The van der Waals surface area contributed by atoms with Crippen molar-refractivity contribution in [1.82, 2.24) is 19.4 Å². The Morgan fingerprint density at radius 1 is 1.04 bits per heavy atom. The number of nitrogens with zero attached hydrogens (tertiary/aromatic N) is 4. The number of aliphatic hydroxyl groups excluding tert-OH is 2. The second-order valence-electron chi connectivity index (χ2n) is 14.1. The summed E-state index contributed by atoms with van der Waals surface area (Å²) >= 11 is 0. The van der Waals surface area contributed by atoms with Gasteiger partial charge in [-0.3, -0.25) is 4.79 Å². The van der Waals surface area contributed by atoms with Crippen molar-refractivity contribution in [3.05, 3.63) is 77.8 Å². The van der Waals surface area contributed by atoms with Crippen molar-refractivity contribution in [2.24, 2.45) is 11.3 Å². The van der Waals surface area contributed by atoms with Gasteiger partial charge in [-0.25, -0.2) is 22.9 Å². The first-order chi connectivity index (χ1) is 22.4. The quantitative estimate of drug-likeness (QED) is 0.243. The number of carbonyl (C=O) groups excluding carboxylic acids is 2. The highest BCUT2D eigenvalue weighted by Crippen LogP contribution is 2.44. The molecule has 1 aliphatic rings. The Morgan fingerprint density at radius 3 is 2.31 bits per heavy atom. The van der Waals surface area contributed by atoms with Crippen LogP contribution in [0.25, 0.3) is 11.3 Å². The summed E-state index contributed by atoms with van der Waals surface area (Å²) in [4.78, 5) is 33.9. The maximum atomic E-state index is 15.7. The normalized spacial score (nSPS) is 18.2. The largest absolute Gasteiger partial charge is 0.444 e. The van der Waals surface area contributed by atoms with Gasteiger partial charge in [-0.05, 0) is 56.9 Å². The van der Waals surface area contributed by atoms with Crippen molar-refractivity contribution in [2.45, 2.75) is 84.7 Å². The van der Waals surface area contributed by atoms with E-state index in [1.807, 2.05) is 30.3 Å². The van der Waals surface area contributed by atoms with Crippen molar-refractivity contribution in [1.29, 1.82) is 0 Å². The van der Waals surface area contributed by atoms with E-state index in [9.17, 15) is 29.3 Å². The Balaban J connectivity index is 1.87. The average molecular weight is 675 g/mol. The van der Waals surface area contributed by atoms with Gasteiger partial charge in [-0.2, -0.15) is 0 Å². The monoisotopic (exact) mass is 674 g/mol. The van der Waals surface area contributed by atoms with Crippen molar-refractivity contribution in [3.8, 4) is 11.3 Å². The Kier molecular flexibility index (Phi) is 11.3. The van der Waals surface area contributed by atoms with E-state index in [4.69, 9.17) is 9.72 Å². The molecule has 13 heteroatoms. The van der Waals surface area contributed by atoms with Gasteiger partial charge in [0.15, 0.2) is 6.29 Å². The molecule has 0 aliphatic carbocycles. The molecule has 10 nitrogen and oxygen atoms in total. The van der Waals surface area contributed by atoms with Crippen LogP contribution in [0.3, 0.4) is 0 Å². The fourth-order valence-corrected chi connectivity index (χ4v) is 6.17. The van der Waals surface area contributed by atoms with Gasteiger partial charge in [0, 0.05) is 43.7 Å². The minimum absolute atomic E-state index is 0.0491. The fourth-order valence-electron chi connectivity index (χ4n) is 6.17. The Morgan fingerprint density at radius 2 is 1.71 bits per heavy atom. The van der Waals surface area contributed by atoms with Crippen molar-refractivity contribution >= 4 is 12.0 Å². The van der Waals surface area contributed by atoms with Gasteiger partial charge in [-0.15, -0.1) is 0 Å². The van der Waals surface area contributed by atoms with Crippen LogP contribution in [0.2, 0.25) is 0 Å². The maximum absolute atomic E-state index is 15.7. The molecule has 1 aromatic heterocycles. The summed E-state index contributed by atoms with van der Waals surface area (Å²) in [6, 6.07) is 11.0. The molecule has 1 fully saturated rings. The average Bonchev–Trinajstić information content (AvgIpc) is 3.55. The molecular formula is C35H45F3N4O6. The minimum atomic E-state index is -1.83. The number of imidazole rings is 1. The van der Waals surface area contributed by atoms with E-state index in [0.29, 0.717) is 0 Å². The van der Waals surface area contributed by atoms with Crippen LogP contribution in [0, 0.1) is 23.0 Å². The van der Waals surface area contributed by atoms with E-state index >= 15 is 8.78 Å². The third-order valence-corrected chi connectivity index (χ3v) is 8.30. The number of halogens is 3. The van der Waals surface area contributed by atoms with Crippen molar-refractivity contribution in [2.75, 3.05) is 19.6 Å². The van der Waals surface area contributed by atoms with Crippen molar-refractivity contribution < 1.29 is 42.8 Å². The lowest BCUT2D eigenvalue weighted by atomic mass is 9.78. The number of likely N-dealkylation sites (tertiary alicyclic amines) is 1. The molecule has 2 aromatic carbocycles. The molecule has 2 heterocycles. The Bertz CT molecular complexity index is 1570. The summed E-state index contributed by atoms with van der Waals surface area (Å²) in [5, 5.41) is 30.9. The number of rotatable bonds is 11. The number of amides is 2. The molecule has 4 atom stereocenters. The highest BCUT2D eigenvalue weighted by atomic mass is 19.1. The molecule has 1 aliphatic heterocycles. The van der Waals surface area contributed by atoms with Crippen LogP contribution in [-0.4, -0.2) is 90.5 Å². The second-order valence-corrected chi connectivity index (χ2v) is 14.1. The maximum Gasteiger partial charge on any atom is 0.410 e. The standard InChI is InChI=1S/C35H45F3N4O6/c1-21(43)32(46)42(18-23-17-41(19-27(23)38)33(47)48-34(2,3)4)30(35(5,6)15-29(44)45)31-39-28(25-14-24(36)12-13-26(25)37)20-40(31)16-22-10-8-7-9-11-22/h7-14,20-21,23,27,29-30,43-45H,15-19H2,1-6H3. The number of aliphatic hydroxyl groups is 3. The van der Waals surface area contributed by atoms with Crippen LogP contribution in [0.4, 0.5) is 18.0 Å². The lowest BCUT2D eigenvalue weighted by Crippen LogP contribution is -2.50. The molecule has 0 spiro atoms. The molecule has 0 bridgehead atoms. The first-order valence-electron chi connectivity index (χ1n) is 15.9. The number of ether oxygens (including phenoxy) is 1. The summed E-state index contributed by atoms with van der Waals surface area (Å²) in [6.07, 6.45) is -4.41. The summed E-state index contributed by atoms with van der Waals surface area (Å²) in [5.74, 6) is -2.97. The van der Waals surface area contributed by atoms with E-state index < -0.39 is 65.2 Å². The zero-order valence-electron chi connectivity index (χ0n) is 28.1. The molecule has 1 saturated heterocycles. The van der Waals surface area contributed by atoms with Crippen LogP contribution in [-0.2, 0) is 16.1 Å². The zero-order chi connectivity index (χ0) is 35.6. The summed E-state index contributed by atoms with van der Waals surface area (Å²) in [5.41, 5.74) is -1.30. The lowest BCUT2D eigenvalue weighted by Gasteiger charge is -2.43. The minimum Gasteiger partial charge on any atom is -0.444 e. The first-order valence-corrected chi connectivity index (χ1v) is 15.9. The van der Waals surface area contributed by atoms with E-state index in [1.54, 1.807) is 39.2 Å². The van der Waals surface area contributed by atoms with Crippen LogP contribution in [0.1, 0.15) is 65.4 Å². The highest BCUT2D eigenvalue weighted by molar-refractivity contribution is 5.81. The number of hydrogen-bond donors (Lipinski definition) is 3. The topological polar surface area (TPSA) is 128 Å². The van der Waals surface area contributed by atoms with Gasteiger partial charge >= 0.3 is 6.09 Å². The molecule has 4 unspecified atom stereocenters. The van der Waals surface area contributed by atoms with Crippen LogP contribution < -0.4 is 0 Å². The van der Waals surface area contributed by atoms with Crippen molar-refractivity contribution in [3.63, 3.8) is 0 Å². The Labute approximate surface area is 278 Å². The van der Waals surface area contributed by atoms with Crippen LogP contribution >= 0.6 is 0 Å². The lowest BCUT2D eigenvalue weighted by molar-refractivity contribution is -0.149. The van der Waals surface area contributed by atoms with E-state index in [-0.39, 0.29) is 49.7 Å².